The first-order valence-electron chi connectivity index (χ1n) is 8.71. The van der Waals surface area contributed by atoms with E-state index in [0.29, 0.717) is 11.6 Å². The average Bonchev–Trinajstić information content (AvgIpc) is 3.12. The second-order valence-electron chi connectivity index (χ2n) is 6.20. The van der Waals surface area contributed by atoms with Crippen molar-refractivity contribution in [1.82, 2.24) is 10.2 Å². The summed E-state index contributed by atoms with van der Waals surface area (Å²) in [5, 5.41) is 12.8. The molecule has 0 aliphatic rings. The molecule has 7 heteroatoms. The largest absolute Gasteiger partial charge is 0.340 e. The zero-order valence-electron chi connectivity index (χ0n) is 15.3. The summed E-state index contributed by atoms with van der Waals surface area (Å²) in [4.78, 5) is 14.1. The molecule has 0 aliphatic heterocycles. The van der Waals surface area contributed by atoms with Crippen molar-refractivity contribution in [1.29, 1.82) is 0 Å². The van der Waals surface area contributed by atoms with Gasteiger partial charge in [0.15, 0.2) is 0 Å². The first-order chi connectivity index (χ1) is 13.0. The number of carbonyl (C=O) groups excluding carboxylic acids is 1. The molecule has 27 heavy (non-hydrogen) atoms. The third-order valence-electron chi connectivity index (χ3n) is 4.10. The van der Waals surface area contributed by atoms with Gasteiger partial charge in [0, 0.05) is 19.2 Å². The Labute approximate surface area is 161 Å². The average molecular weight is 384 g/mol. The van der Waals surface area contributed by atoms with Gasteiger partial charge in [-0.2, -0.15) is 0 Å². The number of carbonyl (C=O) groups is 1. The number of hydrogen-bond donors (Lipinski definition) is 1. The van der Waals surface area contributed by atoms with Crippen molar-refractivity contribution >= 4 is 28.1 Å². The van der Waals surface area contributed by atoms with E-state index in [1.54, 1.807) is 17.0 Å². The zero-order chi connectivity index (χ0) is 19.2. The molecule has 0 unspecified atom stereocenters. The normalized spacial score (nSPS) is 10.6. The summed E-state index contributed by atoms with van der Waals surface area (Å²) in [6.07, 6.45) is 1.44. The molecule has 0 radical (unpaired) electrons. The highest BCUT2D eigenvalue weighted by Crippen LogP contribution is 2.22. The summed E-state index contributed by atoms with van der Waals surface area (Å²) in [6, 6.07) is 14.1. The minimum atomic E-state index is -0.257. The molecule has 0 atom stereocenters. The Balaban J connectivity index is 1.59. The van der Waals surface area contributed by atoms with E-state index < -0.39 is 0 Å². The van der Waals surface area contributed by atoms with Crippen LogP contribution in [0, 0.1) is 5.82 Å². The van der Waals surface area contributed by atoms with E-state index in [4.69, 9.17) is 0 Å². The van der Waals surface area contributed by atoms with Gasteiger partial charge < -0.3 is 10.2 Å². The molecule has 0 saturated carbocycles. The molecule has 1 amide bonds. The number of aryl methyl sites for hydroxylation is 1. The van der Waals surface area contributed by atoms with E-state index in [9.17, 15) is 9.18 Å². The molecule has 0 spiro atoms. The van der Waals surface area contributed by atoms with E-state index in [1.165, 1.54) is 23.5 Å². The number of aromatic nitrogens is 2. The van der Waals surface area contributed by atoms with Crippen molar-refractivity contribution < 1.29 is 9.18 Å². The third kappa shape index (κ3) is 5.10. The Kier molecular flexibility index (Phi) is 6.13. The van der Waals surface area contributed by atoms with Gasteiger partial charge in [0.05, 0.1) is 6.54 Å². The van der Waals surface area contributed by atoms with Gasteiger partial charge >= 0.3 is 0 Å². The molecule has 0 fully saturated rings. The maximum absolute atomic E-state index is 13.0. The summed E-state index contributed by atoms with van der Waals surface area (Å²) in [7, 11) is 1.81. The number of anilines is 2. The summed E-state index contributed by atoms with van der Waals surface area (Å²) < 4.78 is 13.0. The van der Waals surface area contributed by atoms with E-state index >= 15 is 0 Å². The molecule has 1 N–H and O–H groups in total. The predicted octanol–water partition coefficient (Wildman–Crippen LogP) is 3.91. The van der Waals surface area contributed by atoms with Crippen molar-refractivity contribution in [3.05, 3.63) is 70.5 Å². The second kappa shape index (κ2) is 8.73. The van der Waals surface area contributed by atoms with Gasteiger partial charge in [-0.3, -0.25) is 4.79 Å². The van der Waals surface area contributed by atoms with Gasteiger partial charge in [0.1, 0.15) is 10.8 Å². The van der Waals surface area contributed by atoms with Crippen LogP contribution in [0.1, 0.15) is 23.1 Å². The fraction of sp³-hybridized carbons (Fsp3) is 0.250. The molecule has 3 rings (SSSR count). The van der Waals surface area contributed by atoms with Crippen LogP contribution in [0.2, 0.25) is 0 Å². The van der Waals surface area contributed by atoms with Crippen LogP contribution in [0.3, 0.4) is 0 Å². The molecule has 0 aliphatic carbocycles. The van der Waals surface area contributed by atoms with E-state index in [1.807, 2.05) is 31.3 Å². The standard InChI is InChI=1S/C20H21FN4OS/c1-3-15-6-4-5-7-17(15)22-18(26)13-25(2)20-24-23-19(27-20)12-14-8-10-16(21)11-9-14/h4-11H,3,12-13H2,1-2H3,(H,22,26). The fourth-order valence-electron chi connectivity index (χ4n) is 2.67. The lowest BCUT2D eigenvalue weighted by molar-refractivity contribution is -0.114. The second-order valence-corrected chi connectivity index (χ2v) is 7.24. The first-order valence-corrected chi connectivity index (χ1v) is 9.52. The van der Waals surface area contributed by atoms with Crippen LogP contribution >= 0.6 is 11.3 Å². The predicted molar refractivity (Wildman–Crippen MR) is 107 cm³/mol. The smallest absolute Gasteiger partial charge is 0.243 e. The number of nitrogens with one attached hydrogen (secondary N) is 1. The minimum Gasteiger partial charge on any atom is -0.340 e. The van der Waals surface area contributed by atoms with E-state index in [-0.39, 0.29) is 18.3 Å². The summed E-state index contributed by atoms with van der Waals surface area (Å²) in [5.74, 6) is -0.360. The van der Waals surface area contributed by atoms with Crippen molar-refractivity contribution in [2.45, 2.75) is 19.8 Å². The third-order valence-corrected chi connectivity index (χ3v) is 5.14. The fourth-order valence-corrected chi connectivity index (χ4v) is 3.50. The molecule has 2 aromatic carbocycles. The summed E-state index contributed by atoms with van der Waals surface area (Å²) in [6.45, 7) is 2.24. The van der Waals surface area contributed by atoms with Crippen molar-refractivity contribution in [2.24, 2.45) is 0 Å². The lowest BCUT2D eigenvalue weighted by Gasteiger charge is -2.15. The number of nitrogens with zero attached hydrogens (tertiary/aromatic N) is 3. The van der Waals surface area contributed by atoms with Gasteiger partial charge in [-0.25, -0.2) is 4.39 Å². The zero-order valence-corrected chi connectivity index (χ0v) is 16.1. The lowest BCUT2D eigenvalue weighted by Crippen LogP contribution is -2.30. The molecular weight excluding hydrogens is 363 g/mol. The number of halogens is 1. The summed E-state index contributed by atoms with van der Waals surface area (Å²) in [5.41, 5.74) is 2.91. The van der Waals surface area contributed by atoms with Gasteiger partial charge in [0.2, 0.25) is 11.0 Å². The Bertz CT molecular complexity index is 910. The van der Waals surface area contributed by atoms with Crippen LogP contribution in [-0.2, 0) is 17.6 Å². The molecule has 5 nitrogen and oxygen atoms in total. The highest BCUT2D eigenvalue weighted by molar-refractivity contribution is 7.15. The number of para-hydroxylation sites is 1. The van der Waals surface area contributed by atoms with E-state index in [0.717, 1.165) is 28.2 Å². The lowest BCUT2D eigenvalue weighted by atomic mass is 10.1. The van der Waals surface area contributed by atoms with Crippen molar-refractivity contribution in [3.63, 3.8) is 0 Å². The Hall–Kier alpha value is -2.80. The SMILES string of the molecule is CCc1ccccc1NC(=O)CN(C)c1nnc(Cc2ccc(F)cc2)s1. The van der Waals surface area contributed by atoms with Crippen LogP contribution in [0.5, 0.6) is 0 Å². The molecular formula is C20H21FN4OS. The quantitative estimate of drug-likeness (QED) is 0.671. The van der Waals surface area contributed by atoms with Gasteiger partial charge in [0.25, 0.3) is 0 Å². The Morgan fingerprint density at radius 1 is 1.15 bits per heavy atom. The monoisotopic (exact) mass is 384 g/mol. The van der Waals surface area contributed by atoms with Crippen LogP contribution in [-0.4, -0.2) is 29.7 Å². The van der Waals surface area contributed by atoms with Gasteiger partial charge in [-0.05, 0) is 35.7 Å². The highest BCUT2D eigenvalue weighted by atomic mass is 32.1. The highest BCUT2D eigenvalue weighted by Gasteiger charge is 2.14. The molecule has 3 aromatic rings. The Morgan fingerprint density at radius 3 is 2.63 bits per heavy atom. The maximum Gasteiger partial charge on any atom is 0.243 e. The number of rotatable bonds is 7. The van der Waals surface area contributed by atoms with Crippen molar-refractivity contribution in [3.8, 4) is 0 Å². The number of benzene rings is 2. The number of amides is 1. The number of likely N-dealkylation sites (N-methyl/N-ethyl adjacent to an activating group) is 1. The van der Waals surface area contributed by atoms with Gasteiger partial charge in [-0.15, -0.1) is 10.2 Å². The molecule has 0 bridgehead atoms. The van der Waals surface area contributed by atoms with Crippen LogP contribution in [0.15, 0.2) is 48.5 Å². The first kappa shape index (κ1) is 19.0. The molecule has 1 aromatic heterocycles. The molecule has 0 saturated heterocycles. The van der Waals surface area contributed by atoms with Crippen LogP contribution < -0.4 is 10.2 Å². The summed E-state index contributed by atoms with van der Waals surface area (Å²) >= 11 is 1.43. The van der Waals surface area contributed by atoms with Gasteiger partial charge in [-0.1, -0.05) is 48.6 Å². The molecule has 1 heterocycles. The van der Waals surface area contributed by atoms with Crippen LogP contribution in [0.4, 0.5) is 15.2 Å². The molecule has 140 valence electrons. The van der Waals surface area contributed by atoms with E-state index in [2.05, 4.69) is 22.4 Å². The topological polar surface area (TPSA) is 58.1 Å². The van der Waals surface area contributed by atoms with Crippen LogP contribution in [0.25, 0.3) is 0 Å². The maximum atomic E-state index is 13.0. The number of hydrogen-bond acceptors (Lipinski definition) is 5. The van der Waals surface area contributed by atoms with Crippen molar-refractivity contribution in [2.75, 3.05) is 23.8 Å². The minimum absolute atomic E-state index is 0.103. The Morgan fingerprint density at radius 2 is 1.89 bits per heavy atom.